The minimum absolute atomic E-state index is 0.214. The Kier molecular flexibility index (Phi) is 9.11. The summed E-state index contributed by atoms with van der Waals surface area (Å²) < 4.78 is 13.6. The Labute approximate surface area is 472 Å². The molecule has 4 aliphatic rings. The van der Waals surface area contributed by atoms with E-state index >= 15 is 0 Å². The van der Waals surface area contributed by atoms with Crippen molar-refractivity contribution in [3.63, 3.8) is 0 Å². The number of hydrogen-bond acceptors (Lipinski definition) is 3. The molecule has 81 heavy (non-hydrogen) atoms. The number of furan rings is 2. The summed E-state index contributed by atoms with van der Waals surface area (Å²) in [6, 6.07) is 79.7. The van der Waals surface area contributed by atoms with E-state index in [0.717, 1.165) is 50.2 Å². The molecule has 3 nitrogen and oxygen atoms in total. The van der Waals surface area contributed by atoms with Gasteiger partial charge in [0.1, 0.15) is 22.3 Å². The lowest BCUT2D eigenvalue weighted by molar-refractivity contribution is 0.649. The van der Waals surface area contributed by atoms with E-state index in [0.29, 0.717) is 0 Å². The van der Waals surface area contributed by atoms with Gasteiger partial charge < -0.3 is 13.7 Å². The molecule has 0 aliphatic heterocycles. The van der Waals surface area contributed by atoms with Crippen molar-refractivity contribution in [2.45, 2.75) is 77.0 Å². The van der Waals surface area contributed by atoms with Gasteiger partial charge in [-0.15, -0.1) is 0 Å². The number of hydrogen-bond donors (Lipinski definition) is 0. The molecule has 0 N–H and O–H groups in total. The first kappa shape index (κ1) is 46.7. The zero-order valence-electron chi connectivity index (χ0n) is 47.0. The zero-order valence-corrected chi connectivity index (χ0v) is 47.0. The molecule has 0 amide bonds. The van der Waals surface area contributed by atoms with Crippen LogP contribution in [-0.4, -0.2) is 0 Å². The van der Waals surface area contributed by atoms with Crippen LogP contribution in [0.15, 0.2) is 221 Å². The molecular formula is C78H59NO2. The van der Waals surface area contributed by atoms with E-state index in [1.807, 2.05) is 0 Å². The lowest BCUT2D eigenvalue weighted by Crippen LogP contribution is -2.19. The largest absolute Gasteiger partial charge is 0.455 e. The fourth-order valence-electron chi connectivity index (χ4n) is 15.6. The van der Waals surface area contributed by atoms with E-state index in [9.17, 15) is 0 Å². The van der Waals surface area contributed by atoms with E-state index < -0.39 is 0 Å². The maximum Gasteiger partial charge on any atom is 0.143 e. The Hall–Kier alpha value is -9.18. The van der Waals surface area contributed by atoms with Crippen molar-refractivity contribution in [1.29, 1.82) is 0 Å². The minimum Gasteiger partial charge on any atom is -0.455 e. The highest BCUT2D eigenvalue weighted by atomic mass is 16.3. The average Bonchev–Trinajstić information content (AvgIpc) is 1.98. The zero-order chi connectivity index (χ0) is 54.6. The molecular weight excluding hydrogens is 983 g/mol. The molecule has 2 aromatic heterocycles. The van der Waals surface area contributed by atoms with Gasteiger partial charge in [-0.25, -0.2) is 0 Å². The lowest BCUT2D eigenvalue weighted by atomic mass is 9.79. The Balaban J connectivity index is 0.862. The van der Waals surface area contributed by atoms with Crippen molar-refractivity contribution in [2.75, 3.05) is 4.90 Å². The van der Waals surface area contributed by atoms with Crippen molar-refractivity contribution in [3.8, 4) is 66.8 Å². The van der Waals surface area contributed by atoms with Crippen LogP contribution in [0.2, 0.25) is 0 Å². The number of benzene rings is 11. The first-order chi connectivity index (χ1) is 39.2. The van der Waals surface area contributed by atoms with Crippen molar-refractivity contribution in [2.24, 2.45) is 0 Å². The SMILES string of the molecule is CC1(C)c2cc(N(c3ccc4c(c3)C(C)(C)c3cc5c(cc3-4)C(C)(C)c3ccc4c(oc6ccccc64)c3-5)c3c(-c4ccccc4)cccc3-c3ccccc3)ccc2-c2cc3c(cc21)-c1c(ccc2c1oc1ccccc12)C3(C)C. The summed E-state index contributed by atoms with van der Waals surface area (Å²) in [5.41, 5.74) is 31.8. The highest BCUT2D eigenvalue weighted by molar-refractivity contribution is 6.14. The highest BCUT2D eigenvalue weighted by Gasteiger charge is 2.46. The fourth-order valence-corrected chi connectivity index (χ4v) is 15.6. The van der Waals surface area contributed by atoms with Crippen LogP contribution in [0.1, 0.15) is 99.9 Å². The normalized spacial score (nSPS) is 15.8. The monoisotopic (exact) mass is 1040 g/mol. The third-order valence-electron chi connectivity index (χ3n) is 19.9. The molecule has 17 rings (SSSR count). The van der Waals surface area contributed by atoms with Gasteiger partial charge in [0.2, 0.25) is 0 Å². The summed E-state index contributed by atoms with van der Waals surface area (Å²) in [6.07, 6.45) is 0. The molecule has 0 saturated carbocycles. The second-order valence-corrected chi connectivity index (χ2v) is 25.5. The third-order valence-corrected chi connectivity index (χ3v) is 19.9. The Morgan fingerprint density at radius 2 is 0.642 bits per heavy atom. The molecule has 0 spiro atoms. The van der Waals surface area contributed by atoms with E-state index in [2.05, 4.69) is 273 Å². The van der Waals surface area contributed by atoms with Gasteiger partial charge >= 0.3 is 0 Å². The summed E-state index contributed by atoms with van der Waals surface area (Å²) in [4.78, 5) is 2.58. The van der Waals surface area contributed by atoms with Gasteiger partial charge in [0.05, 0.1) is 5.69 Å². The molecule has 388 valence electrons. The lowest BCUT2D eigenvalue weighted by Gasteiger charge is -2.33. The van der Waals surface area contributed by atoms with E-state index in [-0.39, 0.29) is 21.7 Å². The fraction of sp³-hybridized carbons (Fsp3) is 0.154. The quantitative estimate of drug-likeness (QED) is 0.172. The Morgan fingerprint density at radius 3 is 1.09 bits per heavy atom. The highest BCUT2D eigenvalue weighted by Crippen LogP contribution is 2.62. The van der Waals surface area contributed by atoms with Crippen LogP contribution >= 0.6 is 0 Å². The maximum atomic E-state index is 6.80. The Bertz CT molecular complexity index is 4620. The van der Waals surface area contributed by atoms with Gasteiger partial charge in [-0.05, 0) is 150 Å². The van der Waals surface area contributed by atoms with Gasteiger partial charge in [-0.2, -0.15) is 0 Å². The molecule has 2 heterocycles. The number of anilines is 3. The Morgan fingerprint density at radius 1 is 0.272 bits per heavy atom. The number of para-hydroxylation sites is 3. The van der Waals surface area contributed by atoms with Crippen molar-refractivity contribution in [3.05, 3.63) is 257 Å². The van der Waals surface area contributed by atoms with Crippen molar-refractivity contribution < 1.29 is 8.83 Å². The molecule has 0 radical (unpaired) electrons. The standard InChI is InChI=1S/C78H59NO2/c1-75(2)60-36-34-54-52-24-15-17-28-68(52)80-73(54)70(60)58-42-64-56(40-66(58)75)50-32-30-46(38-62(50)77(64,5)6)79(72-48(44-20-11-9-12-21-44)26-19-27-49(72)45-22-13-10-14-23-45)47-31-33-51-57-41-67-59(43-65(57)78(7,8)63(51)39-47)71-61(76(67,3)4)37-35-55-53-25-16-18-29-69(53)81-74(55)71/h9-43H,1-8H3. The van der Waals surface area contributed by atoms with E-state index in [1.165, 1.54) is 122 Å². The van der Waals surface area contributed by atoms with Gasteiger partial charge in [-0.1, -0.05) is 207 Å². The summed E-state index contributed by atoms with van der Waals surface area (Å²) in [6.45, 7) is 19.3. The molecule has 3 heteroatoms. The van der Waals surface area contributed by atoms with Crippen LogP contribution < -0.4 is 4.90 Å². The molecule has 0 atom stereocenters. The van der Waals surface area contributed by atoms with E-state index in [1.54, 1.807) is 0 Å². The second kappa shape index (κ2) is 15.8. The van der Waals surface area contributed by atoms with Crippen LogP contribution in [0, 0.1) is 0 Å². The van der Waals surface area contributed by atoms with Crippen molar-refractivity contribution in [1.82, 2.24) is 0 Å². The first-order valence-corrected chi connectivity index (χ1v) is 28.8. The van der Waals surface area contributed by atoms with E-state index in [4.69, 9.17) is 8.83 Å². The summed E-state index contributed by atoms with van der Waals surface area (Å²) in [5.74, 6) is 0. The van der Waals surface area contributed by atoms with Crippen molar-refractivity contribution >= 4 is 60.9 Å². The van der Waals surface area contributed by atoms with Gasteiger partial charge in [-0.3, -0.25) is 0 Å². The number of fused-ring (bicyclic) bond motifs is 20. The molecule has 0 bridgehead atoms. The summed E-state index contributed by atoms with van der Waals surface area (Å²) >= 11 is 0. The summed E-state index contributed by atoms with van der Waals surface area (Å²) in [5, 5.41) is 4.68. The van der Waals surface area contributed by atoms with Gasteiger partial charge in [0.25, 0.3) is 0 Å². The predicted octanol–water partition coefficient (Wildman–Crippen LogP) is 21.5. The molecule has 13 aromatic rings. The van der Waals surface area contributed by atoms with Gasteiger partial charge in [0.15, 0.2) is 0 Å². The van der Waals surface area contributed by atoms with Crippen LogP contribution in [0.25, 0.3) is 111 Å². The second-order valence-electron chi connectivity index (χ2n) is 25.5. The van der Waals surface area contributed by atoms with Crippen LogP contribution in [0.3, 0.4) is 0 Å². The number of rotatable bonds is 5. The predicted molar refractivity (Wildman–Crippen MR) is 337 cm³/mol. The smallest absolute Gasteiger partial charge is 0.143 e. The van der Waals surface area contributed by atoms with Gasteiger partial charge in [0, 0.05) is 76.8 Å². The number of nitrogens with zero attached hydrogens (tertiary/aromatic N) is 1. The third kappa shape index (κ3) is 6.08. The molecule has 0 saturated heterocycles. The summed E-state index contributed by atoms with van der Waals surface area (Å²) in [7, 11) is 0. The molecule has 4 aliphatic carbocycles. The van der Waals surface area contributed by atoms with Crippen LogP contribution in [-0.2, 0) is 21.7 Å². The molecule has 11 aromatic carbocycles. The van der Waals surface area contributed by atoms with Crippen LogP contribution in [0.5, 0.6) is 0 Å². The maximum absolute atomic E-state index is 6.80. The first-order valence-electron chi connectivity index (χ1n) is 28.8. The topological polar surface area (TPSA) is 29.5 Å². The average molecular weight is 1040 g/mol. The van der Waals surface area contributed by atoms with Crippen LogP contribution in [0.4, 0.5) is 17.1 Å². The molecule has 0 unspecified atom stereocenters. The molecule has 0 fully saturated rings. The minimum atomic E-state index is -0.320.